The van der Waals surface area contributed by atoms with Crippen molar-refractivity contribution >= 4 is 33.0 Å². The Morgan fingerprint density at radius 1 is 0.833 bits per heavy atom. The zero-order chi connectivity index (χ0) is 4.83. The molecule has 0 aromatic carbocycles. The first kappa shape index (κ1) is 6.57. The molecule has 0 N–H and O–H groups in total. The molecule has 2 heteroatoms. The Balaban J connectivity index is 3.07. The topological polar surface area (TPSA) is 0 Å². The van der Waals surface area contributed by atoms with E-state index >= 15 is 0 Å². The molecular formula is C4H4Ge2. The van der Waals surface area contributed by atoms with E-state index < -0.39 is 0 Å². The molecule has 0 bridgehead atoms. The Morgan fingerprint density at radius 2 is 1.17 bits per heavy atom. The average Bonchev–Trinajstić information content (AvgIpc) is 1.61. The van der Waals surface area contributed by atoms with Crippen LogP contribution in [0.5, 0.6) is 0 Å². The van der Waals surface area contributed by atoms with Gasteiger partial charge in [0.05, 0.1) is 0 Å². The van der Waals surface area contributed by atoms with E-state index in [2.05, 4.69) is 0 Å². The molecule has 0 spiro atoms. The molecule has 6 heavy (non-hydrogen) atoms. The van der Waals surface area contributed by atoms with Crippen LogP contribution in [-0.4, -0.2) is 33.0 Å². The molecule has 0 rings (SSSR count). The molecule has 0 saturated heterocycles. The second kappa shape index (κ2) is 5.57. The van der Waals surface area contributed by atoms with Crippen molar-refractivity contribution in [1.29, 1.82) is 0 Å². The third-order valence-electron chi connectivity index (χ3n) is 0.304. The minimum absolute atomic E-state index is 2.00. The number of hydrogen-bond donors (Lipinski definition) is 0. The molecule has 0 atom stereocenters. The van der Waals surface area contributed by atoms with E-state index in [1.54, 1.807) is 0 Å². The van der Waals surface area contributed by atoms with E-state index in [-0.39, 0.29) is 0 Å². The number of allylic oxidation sites excluding steroid dienone is 2. The van der Waals surface area contributed by atoms with E-state index in [0.717, 1.165) is 0 Å². The number of rotatable bonds is 1. The molecule has 0 aromatic heterocycles. The molecule has 0 aliphatic carbocycles. The van der Waals surface area contributed by atoms with Crippen molar-refractivity contribution in [2.45, 2.75) is 0 Å². The predicted molar refractivity (Wildman–Crippen MR) is 29.8 cm³/mol. The first-order valence-corrected chi connectivity index (χ1v) is 4.00. The van der Waals surface area contributed by atoms with Crippen LogP contribution in [0.25, 0.3) is 0 Å². The zero-order valence-electron chi connectivity index (χ0n) is 3.31. The first-order chi connectivity index (χ1) is 2.91. The fourth-order valence-electron chi connectivity index (χ4n) is 0.111. The molecule has 0 aliphatic rings. The summed E-state index contributed by atoms with van der Waals surface area (Å²) in [5.74, 6) is 0. The molecular weight excluding hydrogens is 193 g/mol. The molecule has 0 saturated carbocycles. The van der Waals surface area contributed by atoms with Gasteiger partial charge in [0.15, 0.2) is 0 Å². The van der Waals surface area contributed by atoms with Crippen LogP contribution in [0.1, 0.15) is 0 Å². The van der Waals surface area contributed by atoms with Crippen LogP contribution < -0.4 is 0 Å². The fourth-order valence-corrected chi connectivity index (χ4v) is 0.577. The molecule has 0 aromatic rings. The van der Waals surface area contributed by atoms with E-state index in [0.29, 0.717) is 0 Å². The molecule has 0 aliphatic heterocycles. The maximum atomic E-state index is 2.00. The van der Waals surface area contributed by atoms with Gasteiger partial charge in [-0.1, -0.05) is 0 Å². The summed E-state index contributed by atoms with van der Waals surface area (Å²) >= 11 is 4.00. The summed E-state index contributed by atoms with van der Waals surface area (Å²) in [6.07, 6.45) is 4.00. The summed E-state index contributed by atoms with van der Waals surface area (Å²) in [5.41, 5.74) is 0. The van der Waals surface area contributed by atoms with Gasteiger partial charge in [0.1, 0.15) is 0 Å². The molecule has 0 amide bonds. The molecule has 0 nitrogen and oxygen atoms in total. The van der Waals surface area contributed by atoms with Crippen molar-refractivity contribution in [1.82, 2.24) is 0 Å². The first-order valence-electron chi connectivity index (χ1n) is 1.58. The zero-order valence-corrected chi connectivity index (χ0v) is 7.51. The average molecular weight is 197 g/mol. The SMILES string of the molecule is [Ge]/[CH]=C\C=[CH]/[Ge]. The Morgan fingerprint density at radius 3 is 1.33 bits per heavy atom. The summed E-state index contributed by atoms with van der Waals surface area (Å²) in [6, 6.07) is 0. The van der Waals surface area contributed by atoms with Crippen molar-refractivity contribution < 1.29 is 0 Å². The third-order valence-corrected chi connectivity index (χ3v) is 1.11. The second-order valence-corrected chi connectivity index (χ2v) is 2.12. The predicted octanol–water partition coefficient (Wildman–Crippen LogP) is 0.351. The summed E-state index contributed by atoms with van der Waals surface area (Å²) in [5, 5.41) is 0. The van der Waals surface area contributed by atoms with Gasteiger partial charge in [-0.3, -0.25) is 0 Å². The van der Waals surface area contributed by atoms with Gasteiger partial charge in [0.2, 0.25) is 0 Å². The number of hydrogen-bond acceptors (Lipinski definition) is 0. The van der Waals surface area contributed by atoms with E-state index in [4.69, 9.17) is 0 Å². The van der Waals surface area contributed by atoms with Gasteiger partial charge in [0, 0.05) is 0 Å². The fraction of sp³-hybridized carbons (Fsp3) is 0. The van der Waals surface area contributed by atoms with Crippen LogP contribution in [0.3, 0.4) is 0 Å². The van der Waals surface area contributed by atoms with E-state index in [1.165, 1.54) is 0 Å². The minimum atomic E-state index is 2.00. The Labute approximate surface area is 55.1 Å². The second-order valence-electron chi connectivity index (χ2n) is 0.718. The maximum absolute atomic E-state index is 2.00. The van der Waals surface area contributed by atoms with Crippen LogP contribution in [0.4, 0.5) is 0 Å². The Kier molecular flexibility index (Phi) is 6.09. The monoisotopic (exact) mass is 200 g/mol. The van der Waals surface area contributed by atoms with Crippen molar-refractivity contribution in [3.63, 3.8) is 0 Å². The summed E-state index contributed by atoms with van der Waals surface area (Å²) in [4.78, 5) is 4.00. The van der Waals surface area contributed by atoms with Gasteiger partial charge in [-0.2, -0.15) is 0 Å². The van der Waals surface area contributed by atoms with Gasteiger partial charge in [0.25, 0.3) is 0 Å². The van der Waals surface area contributed by atoms with Crippen molar-refractivity contribution in [3.05, 3.63) is 22.0 Å². The van der Waals surface area contributed by atoms with Crippen molar-refractivity contribution in [2.75, 3.05) is 0 Å². The third kappa shape index (κ3) is 4.57. The summed E-state index contributed by atoms with van der Waals surface area (Å²) in [6.45, 7) is 0. The van der Waals surface area contributed by atoms with Gasteiger partial charge in [-0.15, -0.1) is 0 Å². The normalized spacial score (nSPS) is 11.7. The quantitative estimate of drug-likeness (QED) is 0.420. The van der Waals surface area contributed by atoms with Gasteiger partial charge >= 0.3 is 55.0 Å². The molecule has 0 heterocycles. The van der Waals surface area contributed by atoms with Crippen LogP contribution in [0.15, 0.2) is 22.0 Å². The van der Waals surface area contributed by atoms with Gasteiger partial charge in [-0.25, -0.2) is 0 Å². The Bertz CT molecular complexity index is 53.9. The molecule has 6 radical (unpaired) electrons. The summed E-state index contributed by atoms with van der Waals surface area (Å²) in [7, 11) is 0. The molecule has 28 valence electrons. The summed E-state index contributed by atoms with van der Waals surface area (Å²) < 4.78 is 0. The van der Waals surface area contributed by atoms with Gasteiger partial charge in [-0.05, 0) is 0 Å². The molecule has 0 fully saturated rings. The van der Waals surface area contributed by atoms with Crippen LogP contribution >= 0.6 is 0 Å². The van der Waals surface area contributed by atoms with Crippen LogP contribution in [0, 0.1) is 0 Å². The molecule has 0 unspecified atom stereocenters. The van der Waals surface area contributed by atoms with Crippen molar-refractivity contribution in [2.24, 2.45) is 0 Å². The Hall–Kier alpha value is 0.566. The van der Waals surface area contributed by atoms with Crippen LogP contribution in [0.2, 0.25) is 0 Å². The van der Waals surface area contributed by atoms with E-state index in [1.807, 2.05) is 55.0 Å². The van der Waals surface area contributed by atoms with Gasteiger partial charge < -0.3 is 0 Å². The van der Waals surface area contributed by atoms with E-state index in [9.17, 15) is 0 Å². The standard InChI is InChI=1S/C4H4Ge2/c5-3-1-2-4-6/h1-4H/b3-1-,4-2-. The van der Waals surface area contributed by atoms with Crippen molar-refractivity contribution in [3.8, 4) is 0 Å². The van der Waals surface area contributed by atoms with Crippen LogP contribution in [-0.2, 0) is 0 Å².